The largest absolute Gasteiger partial charge is 0.294 e. The molecule has 0 spiro atoms. The van der Waals surface area contributed by atoms with Crippen molar-refractivity contribution in [1.82, 2.24) is 0 Å². The summed E-state index contributed by atoms with van der Waals surface area (Å²) in [4.78, 5) is 12.4. The monoisotopic (exact) mass is 184 g/mol. The van der Waals surface area contributed by atoms with Gasteiger partial charge in [-0.05, 0) is 30.7 Å². The Bertz CT molecular complexity index is 196. The van der Waals surface area contributed by atoms with Gasteiger partial charge in [0.15, 0.2) is 5.78 Å². The SMILES string of the molecule is CCCCCC1=CC(=O)C(C)S1. The van der Waals surface area contributed by atoms with Crippen molar-refractivity contribution in [2.75, 3.05) is 0 Å². The van der Waals surface area contributed by atoms with Gasteiger partial charge < -0.3 is 0 Å². The van der Waals surface area contributed by atoms with Crippen LogP contribution >= 0.6 is 11.8 Å². The first kappa shape index (κ1) is 9.85. The summed E-state index contributed by atoms with van der Waals surface area (Å²) >= 11 is 1.74. The maximum Gasteiger partial charge on any atom is 0.169 e. The predicted octanol–water partition coefficient (Wildman–Crippen LogP) is 3.16. The number of carbonyl (C=O) groups excluding carboxylic acids is 1. The number of allylic oxidation sites excluding steroid dienone is 2. The maximum absolute atomic E-state index is 11.1. The minimum atomic E-state index is 0.182. The van der Waals surface area contributed by atoms with Crippen LogP contribution in [-0.4, -0.2) is 11.0 Å². The molecule has 0 N–H and O–H groups in total. The standard InChI is InChI=1S/C10H16OS/c1-3-4-5-6-9-7-10(11)8(2)12-9/h7-8H,3-6H2,1-2H3. The number of hydrogen-bond acceptors (Lipinski definition) is 2. The zero-order valence-corrected chi connectivity index (χ0v) is 8.62. The topological polar surface area (TPSA) is 17.1 Å². The van der Waals surface area contributed by atoms with Gasteiger partial charge >= 0.3 is 0 Å². The van der Waals surface area contributed by atoms with E-state index in [1.807, 2.05) is 13.0 Å². The van der Waals surface area contributed by atoms with Crippen LogP contribution in [0.2, 0.25) is 0 Å². The number of carbonyl (C=O) groups is 1. The Morgan fingerprint density at radius 1 is 1.50 bits per heavy atom. The number of rotatable bonds is 4. The molecule has 0 bridgehead atoms. The summed E-state index contributed by atoms with van der Waals surface area (Å²) in [7, 11) is 0. The minimum absolute atomic E-state index is 0.182. The van der Waals surface area contributed by atoms with Crippen molar-refractivity contribution in [2.45, 2.75) is 44.8 Å². The third-order valence-electron chi connectivity index (χ3n) is 2.06. The molecule has 0 saturated heterocycles. The van der Waals surface area contributed by atoms with Gasteiger partial charge in [-0.15, -0.1) is 11.8 Å². The van der Waals surface area contributed by atoms with E-state index in [1.54, 1.807) is 11.8 Å². The van der Waals surface area contributed by atoms with Crippen LogP contribution < -0.4 is 0 Å². The number of unbranched alkanes of at least 4 members (excludes halogenated alkanes) is 2. The second kappa shape index (κ2) is 4.70. The van der Waals surface area contributed by atoms with Crippen LogP contribution in [0, 0.1) is 0 Å². The van der Waals surface area contributed by atoms with Gasteiger partial charge in [0.2, 0.25) is 0 Å². The van der Waals surface area contributed by atoms with Crippen LogP contribution in [0.1, 0.15) is 39.5 Å². The van der Waals surface area contributed by atoms with E-state index in [2.05, 4.69) is 6.92 Å². The summed E-state index contributed by atoms with van der Waals surface area (Å²) in [5.74, 6) is 0.298. The Hall–Kier alpha value is -0.240. The second-order valence-corrected chi connectivity index (χ2v) is 4.70. The van der Waals surface area contributed by atoms with Crippen molar-refractivity contribution in [3.8, 4) is 0 Å². The molecule has 1 aliphatic rings. The molecule has 0 amide bonds. The van der Waals surface area contributed by atoms with Gasteiger partial charge in [-0.2, -0.15) is 0 Å². The van der Waals surface area contributed by atoms with Gasteiger partial charge in [0.05, 0.1) is 5.25 Å². The van der Waals surface area contributed by atoms with Crippen LogP contribution in [0.25, 0.3) is 0 Å². The van der Waals surface area contributed by atoms with Gasteiger partial charge in [0, 0.05) is 0 Å². The smallest absolute Gasteiger partial charge is 0.169 e. The second-order valence-electron chi connectivity index (χ2n) is 3.23. The van der Waals surface area contributed by atoms with Crippen LogP contribution in [0.3, 0.4) is 0 Å². The molecule has 1 unspecified atom stereocenters. The van der Waals surface area contributed by atoms with Gasteiger partial charge in [-0.3, -0.25) is 4.79 Å². The number of ketones is 1. The average molecular weight is 184 g/mol. The molecule has 0 radical (unpaired) electrons. The van der Waals surface area contributed by atoms with Crippen molar-refractivity contribution in [3.63, 3.8) is 0 Å². The Kier molecular flexibility index (Phi) is 3.86. The van der Waals surface area contributed by atoms with Crippen LogP contribution in [0.4, 0.5) is 0 Å². The Morgan fingerprint density at radius 2 is 2.25 bits per heavy atom. The molecule has 68 valence electrons. The molecule has 0 saturated carbocycles. The van der Waals surface area contributed by atoms with Crippen LogP contribution in [0.5, 0.6) is 0 Å². The Morgan fingerprint density at radius 3 is 2.75 bits per heavy atom. The quantitative estimate of drug-likeness (QED) is 0.624. The van der Waals surface area contributed by atoms with Crippen molar-refractivity contribution in [2.24, 2.45) is 0 Å². The van der Waals surface area contributed by atoms with E-state index in [0.717, 1.165) is 6.42 Å². The highest BCUT2D eigenvalue weighted by Crippen LogP contribution is 2.32. The molecule has 1 atom stereocenters. The zero-order valence-electron chi connectivity index (χ0n) is 7.80. The summed E-state index contributed by atoms with van der Waals surface area (Å²) < 4.78 is 0. The summed E-state index contributed by atoms with van der Waals surface area (Å²) in [5, 5.41) is 0.182. The van der Waals surface area contributed by atoms with E-state index in [0.29, 0.717) is 5.78 Å². The van der Waals surface area contributed by atoms with Crippen molar-refractivity contribution in [3.05, 3.63) is 11.0 Å². The van der Waals surface area contributed by atoms with Crippen LogP contribution in [-0.2, 0) is 4.79 Å². The molecule has 1 aliphatic heterocycles. The third kappa shape index (κ3) is 2.67. The lowest BCUT2D eigenvalue weighted by Crippen LogP contribution is -2.02. The number of thioether (sulfide) groups is 1. The van der Waals surface area contributed by atoms with E-state index in [-0.39, 0.29) is 5.25 Å². The lowest BCUT2D eigenvalue weighted by Gasteiger charge is -2.01. The van der Waals surface area contributed by atoms with Crippen LogP contribution in [0.15, 0.2) is 11.0 Å². The lowest BCUT2D eigenvalue weighted by molar-refractivity contribution is -0.113. The number of hydrogen-bond donors (Lipinski definition) is 0. The van der Waals surface area contributed by atoms with E-state index in [1.165, 1.54) is 24.2 Å². The average Bonchev–Trinajstić information content (AvgIpc) is 2.32. The molecule has 0 aromatic rings. The molecule has 1 heterocycles. The molecular formula is C10H16OS. The first-order chi connectivity index (χ1) is 5.74. The summed E-state index contributed by atoms with van der Waals surface area (Å²) in [6.45, 7) is 4.18. The van der Waals surface area contributed by atoms with Gasteiger partial charge in [-0.1, -0.05) is 19.8 Å². The fourth-order valence-corrected chi connectivity index (χ4v) is 2.36. The van der Waals surface area contributed by atoms with Crippen molar-refractivity contribution >= 4 is 17.5 Å². The Labute approximate surface area is 78.6 Å². The summed E-state index contributed by atoms with van der Waals surface area (Å²) in [5.41, 5.74) is 0. The predicted molar refractivity (Wildman–Crippen MR) is 54.3 cm³/mol. The molecular weight excluding hydrogens is 168 g/mol. The molecule has 1 rings (SSSR count). The minimum Gasteiger partial charge on any atom is -0.294 e. The molecule has 0 aromatic heterocycles. The van der Waals surface area contributed by atoms with Gasteiger partial charge in [-0.25, -0.2) is 0 Å². The van der Waals surface area contributed by atoms with E-state index in [9.17, 15) is 4.79 Å². The summed E-state index contributed by atoms with van der Waals surface area (Å²) in [6, 6.07) is 0. The highest BCUT2D eigenvalue weighted by atomic mass is 32.2. The summed E-state index contributed by atoms with van der Waals surface area (Å²) in [6.07, 6.45) is 6.69. The maximum atomic E-state index is 11.1. The van der Waals surface area contributed by atoms with Crippen molar-refractivity contribution < 1.29 is 4.79 Å². The van der Waals surface area contributed by atoms with Gasteiger partial charge in [0.1, 0.15) is 0 Å². The molecule has 0 aromatic carbocycles. The van der Waals surface area contributed by atoms with E-state index < -0.39 is 0 Å². The van der Waals surface area contributed by atoms with E-state index >= 15 is 0 Å². The molecule has 2 heteroatoms. The first-order valence-corrected chi connectivity index (χ1v) is 5.53. The molecule has 12 heavy (non-hydrogen) atoms. The molecule has 0 fully saturated rings. The van der Waals surface area contributed by atoms with E-state index in [4.69, 9.17) is 0 Å². The molecule has 1 nitrogen and oxygen atoms in total. The fourth-order valence-electron chi connectivity index (χ4n) is 1.28. The molecule has 0 aliphatic carbocycles. The fraction of sp³-hybridized carbons (Fsp3) is 0.700. The van der Waals surface area contributed by atoms with Gasteiger partial charge in [0.25, 0.3) is 0 Å². The third-order valence-corrected chi connectivity index (χ3v) is 3.27. The zero-order chi connectivity index (χ0) is 8.97. The first-order valence-electron chi connectivity index (χ1n) is 4.65. The lowest BCUT2D eigenvalue weighted by atomic mass is 10.2. The Balaban J connectivity index is 2.26. The normalized spacial score (nSPS) is 23.0. The van der Waals surface area contributed by atoms with Crippen molar-refractivity contribution in [1.29, 1.82) is 0 Å². The highest BCUT2D eigenvalue weighted by Gasteiger charge is 2.20. The highest BCUT2D eigenvalue weighted by molar-refractivity contribution is 8.04.